The van der Waals surface area contributed by atoms with E-state index in [1.54, 1.807) is 4.68 Å². The molecule has 0 spiro atoms. The molecular formula is C13H19N3O2. The van der Waals surface area contributed by atoms with E-state index in [0.29, 0.717) is 18.4 Å². The molecule has 5 heteroatoms. The SMILES string of the molecule is NCC1CCCc2c1c(C1CC1)nn2CC(=O)O. The lowest BCUT2D eigenvalue weighted by molar-refractivity contribution is -0.137. The Balaban J connectivity index is 2.04. The highest BCUT2D eigenvalue weighted by Gasteiger charge is 2.35. The molecule has 1 heterocycles. The van der Waals surface area contributed by atoms with Gasteiger partial charge in [0.1, 0.15) is 6.54 Å². The second kappa shape index (κ2) is 4.39. The first kappa shape index (κ1) is 11.7. The summed E-state index contributed by atoms with van der Waals surface area (Å²) < 4.78 is 1.70. The van der Waals surface area contributed by atoms with E-state index in [1.165, 1.54) is 18.4 Å². The number of fused-ring (bicyclic) bond motifs is 1. The molecule has 0 saturated heterocycles. The summed E-state index contributed by atoms with van der Waals surface area (Å²) >= 11 is 0. The van der Waals surface area contributed by atoms with E-state index in [2.05, 4.69) is 5.10 Å². The zero-order valence-electron chi connectivity index (χ0n) is 10.4. The zero-order valence-corrected chi connectivity index (χ0v) is 10.4. The van der Waals surface area contributed by atoms with Crippen LogP contribution in [0.4, 0.5) is 0 Å². The molecule has 0 aromatic carbocycles. The monoisotopic (exact) mass is 249 g/mol. The number of carboxylic acid groups (broad SMARTS) is 1. The number of nitrogens with two attached hydrogens (primary N) is 1. The lowest BCUT2D eigenvalue weighted by Crippen LogP contribution is -2.21. The molecule has 0 amide bonds. The van der Waals surface area contributed by atoms with Crippen molar-refractivity contribution in [2.24, 2.45) is 5.73 Å². The molecule has 3 rings (SSSR count). The van der Waals surface area contributed by atoms with Crippen LogP contribution in [0.5, 0.6) is 0 Å². The van der Waals surface area contributed by atoms with Gasteiger partial charge >= 0.3 is 5.97 Å². The Morgan fingerprint density at radius 2 is 2.22 bits per heavy atom. The molecule has 0 aliphatic heterocycles. The van der Waals surface area contributed by atoms with Crippen LogP contribution in [-0.2, 0) is 17.8 Å². The molecule has 2 aliphatic rings. The average Bonchev–Trinajstić information content (AvgIpc) is 3.13. The Hall–Kier alpha value is -1.36. The third-order valence-corrected chi connectivity index (χ3v) is 4.03. The van der Waals surface area contributed by atoms with Gasteiger partial charge in [-0.15, -0.1) is 0 Å². The van der Waals surface area contributed by atoms with Gasteiger partial charge in [-0.2, -0.15) is 5.10 Å². The Morgan fingerprint density at radius 1 is 1.44 bits per heavy atom. The van der Waals surface area contributed by atoms with Crippen LogP contribution < -0.4 is 5.73 Å². The standard InChI is InChI=1S/C13H19N3O2/c14-6-9-2-1-3-10-12(9)13(8-4-5-8)15-16(10)7-11(17)18/h8-9H,1-7,14H2,(H,17,18). The summed E-state index contributed by atoms with van der Waals surface area (Å²) in [5, 5.41) is 13.5. The Morgan fingerprint density at radius 3 is 2.83 bits per heavy atom. The molecule has 5 nitrogen and oxygen atoms in total. The highest BCUT2D eigenvalue weighted by Crippen LogP contribution is 2.45. The van der Waals surface area contributed by atoms with Gasteiger partial charge in [-0.3, -0.25) is 9.48 Å². The van der Waals surface area contributed by atoms with Crippen LogP contribution in [0.3, 0.4) is 0 Å². The number of hydrogen-bond acceptors (Lipinski definition) is 3. The van der Waals surface area contributed by atoms with Gasteiger partial charge in [0.2, 0.25) is 0 Å². The summed E-state index contributed by atoms with van der Waals surface area (Å²) in [6.45, 7) is 0.623. The van der Waals surface area contributed by atoms with Crippen LogP contribution >= 0.6 is 0 Å². The highest BCUT2D eigenvalue weighted by atomic mass is 16.4. The fourth-order valence-corrected chi connectivity index (χ4v) is 3.05. The Bertz CT molecular complexity index is 477. The third-order valence-electron chi connectivity index (χ3n) is 4.03. The van der Waals surface area contributed by atoms with Crippen molar-refractivity contribution in [2.45, 2.75) is 50.5 Å². The summed E-state index contributed by atoms with van der Waals surface area (Å²) in [5.74, 6) is 0.116. The van der Waals surface area contributed by atoms with E-state index in [1.807, 2.05) is 0 Å². The van der Waals surface area contributed by atoms with Crippen molar-refractivity contribution in [2.75, 3.05) is 6.54 Å². The summed E-state index contributed by atoms with van der Waals surface area (Å²) in [6.07, 6.45) is 5.52. The predicted octanol–water partition coefficient (Wildman–Crippen LogP) is 1.22. The molecule has 0 radical (unpaired) electrons. The quantitative estimate of drug-likeness (QED) is 0.840. The number of carbonyl (C=O) groups is 1. The molecule has 1 unspecified atom stereocenters. The average molecular weight is 249 g/mol. The molecule has 98 valence electrons. The summed E-state index contributed by atoms with van der Waals surface area (Å²) in [5.41, 5.74) is 9.42. The minimum Gasteiger partial charge on any atom is -0.480 e. The van der Waals surface area contributed by atoms with Crippen LogP contribution in [0.15, 0.2) is 0 Å². The van der Waals surface area contributed by atoms with Gasteiger partial charge in [-0.25, -0.2) is 0 Å². The largest absolute Gasteiger partial charge is 0.480 e. The maximum absolute atomic E-state index is 10.9. The number of nitrogens with zero attached hydrogens (tertiary/aromatic N) is 2. The molecule has 1 aromatic heterocycles. The van der Waals surface area contributed by atoms with Crippen molar-refractivity contribution in [1.29, 1.82) is 0 Å². The van der Waals surface area contributed by atoms with Crippen LogP contribution in [0, 0.1) is 0 Å². The van der Waals surface area contributed by atoms with E-state index in [-0.39, 0.29) is 6.54 Å². The summed E-state index contributed by atoms with van der Waals surface area (Å²) in [4.78, 5) is 10.9. The third kappa shape index (κ3) is 1.92. The van der Waals surface area contributed by atoms with Gasteiger partial charge in [-0.1, -0.05) is 0 Å². The minimum atomic E-state index is -0.822. The van der Waals surface area contributed by atoms with Crippen LogP contribution in [-0.4, -0.2) is 27.4 Å². The fraction of sp³-hybridized carbons (Fsp3) is 0.692. The normalized spacial score (nSPS) is 22.8. The highest BCUT2D eigenvalue weighted by molar-refractivity contribution is 5.66. The molecular weight excluding hydrogens is 230 g/mol. The van der Waals surface area contributed by atoms with Gasteiger partial charge in [-0.05, 0) is 44.6 Å². The molecule has 18 heavy (non-hydrogen) atoms. The molecule has 3 N–H and O–H groups in total. The molecule has 2 aliphatic carbocycles. The second-order valence-electron chi connectivity index (χ2n) is 5.40. The Kier molecular flexibility index (Phi) is 2.86. The summed E-state index contributed by atoms with van der Waals surface area (Å²) in [6, 6.07) is 0. The van der Waals surface area contributed by atoms with Crippen molar-refractivity contribution >= 4 is 5.97 Å². The van der Waals surface area contributed by atoms with Crippen molar-refractivity contribution in [3.63, 3.8) is 0 Å². The van der Waals surface area contributed by atoms with Crippen LogP contribution in [0.2, 0.25) is 0 Å². The first-order chi connectivity index (χ1) is 8.70. The second-order valence-corrected chi connectivity index (χ2v) is 5.40. The van der Waals surface area contributed by atoms with Gasteiger partial charge < -0.3 is 10.8 Å². The number of hydrogen-bond donors (Lipinski definition) is 2. The van der Waals surface area contributed by atoms with E-state index in [9.17, 15) is 4.79 Å². The topological polar surface area (TPSA) is 81.1 Å². The molecule has 1 fully saturated rings. The number of aromatic nitrogens is 2. The Labute approximate surface area is 106 Å². The number of carboxylic acids is 1. The molecule has 1 aromatic rings. The van der Waals surface area contributed by atoms with E-state index < -0.39 is 5.97 Å². The van der Waals surface area contributed by atoms with E-state index in [0.717, 1.165) is 30.7 Å². The van der Waals surface area contributed by atoms with Crippen molar-refractivity contribution in [3.05, 3.63) is 17.0 Å². The van der Waals surface area contributed by atoms with Crippen molar-refractivity contribution in [3.8, 4) is 0 Å². The molecule has 0 bridgehead atoms. The number of aliphatic carboxylic acids is 1. The first-order valence-corrected chi connectivity index (χ1v) is 6.72. The number of rotatable bonds is 4. The van der Waals surface area contributed by atoms with Gasteiger partial charge in [0, 0.05) is 17.2 Å². The molecule has 1 saturated carbocycles. The fourth-order valence-electron chi connectivity index (χ4n) is 3.05. The van der Waals surface area contributed by atoms with Crippen molar-refractivity contribution in [1.82, 2.24) is 9.78 Å². The maximum Gasteiger partial charge on any atom is 0.325 e. The van der Waals surface area contributed by atoms with Crippen molar-refractivity contribution < 1.29 is 9.90 Å². The molecule has 1 atom stereocenters. The van der Waals surface area contributed by atoms with E-state index >= 15 is 0 Å². The maximum atomic E-state index is 10.9. The first-order valence-electron chi connectivity index (χ1n) is 6.72. The lowest BCUT2D eigenvalue weighted by Gasteiger charge is -2.22. The summed E-state index contributed by atoms with van der Waals surface area (Å²) in [7, 11) is 0. The van der Waals surface area contributed by atoms with E-state index in [4.69, 9.17) is 10.8 Å². The van der Waals surface area contributed by atoms with Gasteiger partial charge in [0.25, 0.3) is 0 Å². The predicted molar refractivity (Wildman–Crippen MR) is 66.6 cm³/mol. The van der Waals surface area contributed by atoms with Crippen LogP contribution in [0.25, 0.3) is 0 Å². The zero-order chi connectivity index (χ0) is 12.7. The van der Waals surface area contributed by atoms with Crippen LogP contribution in [0.1, 0.15) is 54.5 Å². The minimum absolute atomic E-state index is 0.0215. The van der Waals surface area contributed by atoms with Gasteiger partial charge in [0.15, 0.2) is 0 Å². The lowest BCUT2D eigenvalue weighted by atomic mass is 9.84. The smallest absolute Gasteiger partial charge is 0.325 e. The van der Waals surface area contributed by atoms with Gasteiger partial charge in [0.05, 0.1) is 5.69 Å².